The summed E-state index contributed by atoms with van der Waals surface area (Å²) in [5.74, 6) is 1.38. The maximum Gasteiger partial charge on any atom is 0.291 e. The summed E-state index contributed by atoms with van der Waals surface area (Å²) in [5.41, 5.74) is 3.10. The van der Waals surface area contributed by atoms with Gasteiger partial charge in [-0.2, -0.15) is 0 Å². The quantitative estimate of drug-likeness (QED) is 0.418. The highest BCUT2D eigenvalue weighted by molar-refractivity contribution is 6.35. The summed E-state index contributed by atoms with van der Waals surface area (Å²) in [5, 5.41) is 4.16. The molecule has 4 nitrogen and oxygen atoms in total. The molecule has 0 unspecified atom stereocenters. The molecule has 28 heavy (non-hydrogen) atoms. The van der Waals surface area contributed by atoms with E-state index in [4.69, 9.17) is 20.8 Å². The van der Waals surface area contributed by atoms with Crippen LogP contribution in [0.15, 0.2) is 71.1 Å². The molecule has 0 atom stereocenters. The van der Waals surface area contributed by atoms with Gasteiger partial charge in [-0.3, -0.25) is 4.79 Å². The molecule has 4 rings (SSSR count). The number of hydrogen-bond acceptors (Lipinski definition) is 3. The number of para-hydroxylation sites is 1. The van der Waals surface area contributed by atoms with Crippen LogP contribution in [0.2, 0.25) is 5.02 Å². The second kappa shape index (κ2) is 7.41. The molecule has 140 valence electrons. The largest absolute Gasteiger partial charge is 0.457 e. The number of fused-ring (bicyclic) bond motifs is 1. The van der Waals surface area contributed by atoms with Crippen molar-refractivity contribution >= 4 is 34.2 Å². The number of ether oxygens (including phenoxy) is 1. The monoisotopic (exact) mass is 391 g/mol. The van der Waals surface area contributed by atoms with Crippen LogP contribution >= 0.6 is 11.6 Å². The van der Waals surface area contributed by atoms with E-state index in [1.54, 1.807) is 30.3 Å². The number of hydrogen-bond donors (Lipinski definition) is 1. The van der Waals surface area contributed by atoms with Crippen LogP contribution in [0.3, 0.4) is 0 Å². The second-order valence-electron chi connectivity index (χ2n) is 6.57. The molecule has 0 fully saturated rings. The van der Waals surface area contributed by atoms with Crippen molar-refractivity contribution in [2.24, 2.45) is 0 Å². The van der Waals surface area contributed by atoms with Crippen LogP contribution in [0.1, 0.15) is 21.7 Å². The Labute approximate surface area is 167 Å². The standard InChI is InChI=1S/C23H18ClNO3/c1-14-6-10-17(11-7-14)27-18-12-8-16(9-13-18)25-23(26)21-15(2)19-4-3-5-20(24)22(19)28-21/h3-13H,1-2H3,(H,25,26). The molecule has 0 saturated heterocycles. The number of carbonyl (C=O) groups is 1. The number of amides is 1. The summed E-state index contributed by atoms with van der Waals surface area (Å²) in [6.45, 7) is 3.87. The lowest BCUT2D eigenvalue weighted by atomic mass is 10.1. The van der Waals surface area contributed by atoms with Crippen LogP contribution in [-0.4, -0.2) is 5.91 Å². The lowest BCUT2D eigenvalue weighted by Crippen LogP contribution is -2.11. The Morgan fingerprint density at radius 1 is 0.929 bits per heavy atom. The van der Waals surface area contributed by atoms with E-state index < -0.39 is 0 Å². The fraction of sp³-hybridized carbons (Fsp3) is 0.0870. The minimum absolute atomic E-state index is 0.253. The smallest absolute Gasteiger partial charge is 0.291 e. The average molecular weight is 392 g/mol. The summed E-state index contributed by atoms with van der Waals surface area (Å²) in [4.78, 5) is 12.6. The van der Waals surface area contributed by atoms with Gasteiger partial charge in [0.2, 0.25) is 0 Å². The molecule has 0 aliphatic heterocycles. The summed E-state index contributed by atoms with van der Waals surface area (Å²) in [6, 6.07) is 20.4. The van der Waals surface area contributed by atoms with E-state index in [1.807, 2.05) is 50.2 Å². The zero-order valence-corrected chi connectivity index (χ0v) is 16.2. The van der Waals surface area contributed by atoms with Crippen molar-refractivity contribution in [3.8, 4) is 11.5 Å². The minimum atomic E-state index is -0.322. The second-order valence-corrected chi connectivity index (χ2v) is 6.97. The first-order chi connectivity index (χ1) is 13.5. The zero-order chi connectivity index (χ0) is 19.7. The molecule has 0 bridgehead atoms. The molecule has 3 aromatic carbocycles. The Hall–Kier alpha value is -3.24. The topological polar surface area (TPSA) is 51.5 Å². The Bertz CT molecular complexity index is 1150. The third kappa shape index (κ3) is 3.59. The van der Waals surface area contributed by atoms with Gasteiger partial charge in [-0.05, 0) is 56.3 Å². The van der Waals surface area contributed by atoms with Gasteiger partial charge in [0.1, 0.15) is 11.5 Å². The van der Waals surface area contributed by atoms with Gasteiger partial charge >= 0.3 is 0 Å². The van der Waals surface area contributed by atoms with E-state index in [0.717, 1.165) is 16.7 Å². The first kappa shape index (κ1) is 18.1. The molecule has 1 aromatic heterocycles. The number of nitrogens with one attached hydrogen (secondary N) is 1. The van der Waals surface area contributed by atoms with Gasteiger partial charge in [0.05, 0.1) is 5.02 Å². The third-order valence-corrected chi connectivity index (χ3v) is 4.79. The van der Waals surface area contributed by atoms with Crippen LogP contribution < -0.4 is 10.1 Å². The van der Waals surface area contributed by atoms with E-state index in [0.29, 0.717) is 22.0 Å². The number of carbonyl (C=O) groups excluding carboxylic acids is 1. The van der Waals surface area contributed by atoms with Gasteiger partial charge in [-0.15, -0.1) is 0 Å². The highest BCUT2D eigenvalue weighted by atomic mass is 35.5. The van der Waals surface area contributed by atoms with Crippen molar-refractivity contribution in [2.45, 2.75) is 13.8 Å². The predicted molar refractivity (Wildman–Crippen MR) is 112 cm³/mol. The summed E-state index contributed by atoms with van der Waals surface area (Å²) >= 11 is 6.16. The highest BCUT2D eigenvalue weighted by Crippen LogP contribution is 2.31. The number of rotatable bonds is 4. The summed E-state index contributed by atoms with van der Waals surface area (Å²) < 4.78 is 11.5. The van der Waals surface area contributed by atoms with Crippen LogP contribution in [0, 0.1) is 13.8 Å². The molecule has 0 spiro atoms. The van der Waals surface area contributed by atoms with E-state index in [-0.39, 0.29) is 11.7 Å². The van der Waals surface area contributed by atoms with Gasteiger partial charge < -0.3 is 14.5 Å². The van der Waals surface area contributed by atoms with Crippen LogP contribution in [0.4, 0.5) is 5.69 Å². The molecule has 1 heterocycles. The molecule has 0 radical (unpaired) electrons. The van der Waals surface area contributed by atoms with Gasteiger partial charge in [0.25, 0.3) is 5.91 Å². The highest BCUT2D eigenvalue weighted by Gasteiger charge is 2.19. The normalized spacial score (nSPS) is 10.8. The molecule has 1 amide bonds. The average Bonchev–Trinajstić information content (AvgIpc) is 3.03. The van der Waals surface area contributed by atoms with E-state index in [1.165, 1.54) is 5.56 Å². The zero-order valence-electron chi connectivity index (χ0n) is 15.5. The minimum Gasteiger partial charge on any atom is -0.457 e. The molecule has 5 heteroatoms. The Balaban J connectivity index is 1.50. The third-order valence-electron chi connectivity index (χ3n) is 4.49. The molecular formula is C23H18ClNO3. The van der Waals surface area contributed by atoms with E-state index in [9.17, 15) is 4.79 Å². The number of aryl methyl sites for hydroxylation is 2. The lowest BCUT2D eigenvalue weighted by Gasteiger charge is -2.08. The molecule has 4 aromatic rings. The van der Waals surface area contributed by atoms with Gasteiger partial charge in [0, 0.05) is 16.6 Å². The fourth-order valence-corrected chi connectivity index (χ4v) is 3.18. The fourth-order valence-electron chi connectivity index (χ4n) is 2.96. The van der Waals surface area contributed by atoms with Gasteiger partial charge in [-0.1, -0.05) is 41.4 Å². The predicted octanol–water partition coefficient (Wildman–Crippen LogP) is 6.75. The number of furan rings is 1. The Morgan fingerprint density at radius 2 is 1.57 bits per heavy atom. The molecule has 0 saturated carbocycles. The van der Waals surface area contributed by atoms with Gasteiger partial charge in [0.15, 0.2) is 11.3 Å². The van der Waals surface area contributed by atoms with Crippen LogP contribution in [0.5, 0.6) is 11.5 Å². The summed E-state index contributed by atoms with van der Waals surface area (Å²) in [6.07, 6.45) is 0. The molecule has 0 aliphatic carbocycles. The Morgan fingerprint density at radius 3 is 2.21 bits per heavy atom. The molecular weight excluding hydrogens is 374 g/mol. The van der Waals surface area contributed by atoms with Crippen molar-refractivity contribution in [1.82, 2.24) is 0 Å². The SMILES string of the molecule is Cc1ccc(Oc2ccc(NC(=O)c3oc4c(Cl)cccc4c3C)cc2)cc1. The van der Waals surface area contributed by atoms with Crippen molar-refractivity contribution in [3.05, 3.63) is 88.6 Å². The van der Waals surface area contributed by atoms with Crippen molar-refractivity contribution < 1.29 is 13.9 Å². The van der Waals surface area contributed by atoms with Crippen molar-refractivity contribution in [1.29, 1.82) is 0 Å². The van der Waals surface area contributed by atoms with E-state index in [2.05, 4.69) is 5.32 Å². The first-order valence-corrected chi connectivity index (χ1v) is 9.22. The Kier molecular flexibility index (Phi) is 4.80. The number of halogens is 1. The lowest BCUT2D eigenvalue weighted by molar-refractivity contribution is 0.0998. The maximum absolute atomic E-state index is 12.6. The molecule has 1 N–H and O–H groups in total. The van der Waals surface area contributed by atoms with Crippen molar-refractivity contribution in [2.75, 3.05) is 5.32 Å². The van der Waals surface area contributed by atoms with Crippen LogP contribution in [0.25, 0.3) is 11.0 Å². The number of anilines is 1. The molecule has 0 aliphatic rings. The number of benzene rings is 3. The van der Waals surface area contributed by atoms with Crippen LogP contribution in [-0.2, 0) is 0 Å². The summed E-state index contributed by atoms with van der Waals surface area (Å²) in [7, 11) is 0. The van der Waals surface area contributed by atoms with Crippen molar-refractivity contribution in [3.63, 3.8) is 0 Å². The maximum atomic E-state index is 12.6. The van der Waals surface area contributed by atoms with Gasteiger partial charge in [-0.25, -0.2) is 0 Å². The van der Waals surface area contributed by atoms with E-state index >= 15 is 0 Å². The first-order valence-electron chi connectivity index (χ1n) is 8.85.